The van der Waals surface area contributed by atoms with Crippen molar-refractivity contribution in [2.24, 2.45) is 0 Å². The Hall–Kier alpha value is -0.130. The number of hydrogen-bond donors (Lipinski definition) is 1. The second-order valence-corrected chi connectivity index (χ2v) is 7.56. The summed E-state index contributed by atoms with van der Waals surface area (Å²) in [6, 6.07) is 0.341. The number of sulfone groups is 1. The predicted octanol–water partition coefficient (Wildman–Crippen LogP) is 1.75. The number of nitrogens with one attached hydrogen (secondary N) is 1. The molecule has 0 aliphatic heterocycles. The first-order chi connectivity index (χ1) is 8.54. The lowest BCUT2D eigenvalue weighted by Crippen LogP contribution is -2.40. The Kier molecular flexibility index (Phi) is 7.19. The standard InChI is InChI=1S/C13H27NO3S/c1-3-4-9-17-10-8-14-12-6-5-7-13(11-12)18(2,15)16/h12-14H,3-11H2,1-2H3. The van der Waals surface area contributed by atoms with Gasteiger partial charge in [0.25, 0.3) is 0 Å². The van der Waals surface area contributed by atoms with Crippen molar-refractivity contribution in [2.75, 3.05) is 26.0 Å². The molecule has 0 amide bonds. The summed E-state index contributed by atoms with van der Waals surface area (Å²) in [5.41, 5.74) is 0. The van der Waals surface area contributed by atoms with Crippen LogP contribution in [0.15, 0.2) is 0 Å². The van der Waals surface area contributed by atoms with Gasteiger partial charge in [-0.15, -0.1) is 0 Å². The fourth-order valence-corrected chi connectivity index (χ4v) is 3.58. The van der Waals surface area contributed by atoms with E-state index in [1.165, 1.54) is 6.26 Å². The molecule has 0 aromatic rings. The molecule has 1 aliphatic rings. The second kappa shape index (κ2) is 8.12. The van der Waals surface area contributed by atoms with Crippen LogP contribution in [0.25, 0.3) is 0 Å². The van der Waals surface area contributed by atoms with Crippen LogP contribution in [0.5, 0.6) is 0 Å². The summed E-state index contributed by atoms with van der Waals surface area (Å²) in [5, 5.41) is 3.26. The van der Waals surface area contributed by atoms with Crippen LogP contribution in [0.3, 0.4) is 0 Å². The number of unbranched alkanes of at least 4 members (excludes halogenated alkanes) is 1. The third-order valence-corrected chi connectivity index (χ3v) is 5.19. The van der Waals surface area contributed by atoms with E-state index in [4.69, 9.17) is 4.74 Å². The molecule has 0 spiro atoms. The first-order valence-electron chi connectivity index (χ1n) is 7.04. The van der Waals surface area contributed by atoms with Crippen molar-refractivity contribution in [2.45, 2.75) is 56.7 Å². The van der Waals surface area contributed by atoms with Crippen LogP contribution < -0.4 is 5.32 Å². The zero-order valence-electron chi connectivity index (χ0n) is 11.7. The summed E-state index contributed by atoms with van der Waals surface area (Å²) < 4.78 is 28.5. The second-order valence-electron chi connectivity index (χ2n) is 5.24. The van der Waals surface area contributed by atoms with Gasteiger partial charge in [-0.05, 0) is 25.7 Å². The Labute approximate surface area is 111 Å². The molecule has 4 nitrogen and oxygen atoms in total. The minimum atomic E-state index is -2.87. The van der Waals surface area contributed by atoms with Gasteiger partial charge in [0.2, 0.25) is 0 Å². The molecule has 1 fully saturated rings. The fourth-order valence-electron chi connectivity index (χ4n) is 2.40. The van der Waals surface area contributed by atoms with Gasteiger partial charge in [0.05, 0.1) is 11.9 Å². The monoisotopic (exact) mass is 277 g/mol. The van der Waals surface area contributed by atoms with Crippen molar-refractivity contribution in [3.8, 4) is 0 Å². The summed E-state index contributed by atoms with van der Waals surface area (Å²) in [4.78, 5) is 0. The lowest BCUT2D eigenvalue weighted by molar-refractivity contribution is 0.129. The average Bonchev–Trinajstić information content (AvgIpc) is 2.33. The van der Waals surface area contributed by atoms with E-state index in [1.54, 1.807) is 0 Å². The molecule has 5 heteroatoms. The minimum absolute atomic E-state index is 0.148. The number of ether oxygens (including phenoxy) is 1. The lowest BCUT2D eigenvalue weighted by atomic mass is 9.95. The van der Waals surface area contributed by atoms with E-state index in [-0.39, 0.29) is 5.25 Å². The van der Waals surface area contributed by atoms with Gasteiger partial charge in [0.1, 0.15) is 9.84 Å². The zero-order chi connectivity index (χ0) is 13.4. The molecule has 2 unspecified atom stereocenters. The van der Waals surface area contributed by atoms with Crippen molar-refractivity contribution in [1.82, 2.24) is 5.32 Å². The third-order valence-electron chi connectivity index (χ3n) is 3.55. The van der Waals surface area contributed by atoms with E-state index in [9.17, 15) is 8.42 Å². The van der Waals surface area contributed by atoms with E-state index >= 15 is 0 Å². The Morgan fingerprint density at radius 2 is 2.06 bits per heavy atom. The molecule has 1 aliphatic carbocycles. The SMILES string of the molecule is CCCCOCCNC1CCCC(S(C)(=O)=O)C1. The number of hydrogen-bond acceptors (Lipinski definition) is 4. The molecule has 0 aromatic carbocycles. The van der Waals surface area contributed by atoms with Crippen LogP contribution in [0, 0.1) is 0 Å². The Balaban J connectivity index is 2.15. The zero-order valence-corrected chi connectivity index (χ0v) is 12.5. The molecular weight excluding hydrogens is 250 g/mol. The summed E-state index contributed by atoms with van der Waals surface area (Å²) in [6.45, 7) is 4.52. The number of rotatable bonds is 8. The van der Waals surface area contributed by atoms with Crippen LogP contribution in [0.4, 0.5) is 0 Å². The van der Waals surface area contributed by atoms with Gasteiger partial charge in [-0.2, -0.15) is 0 Å². The summed E-state index contributed by atoms with van der Waals surface area (Å²) in [6.07, 6.45) is 7.30. The molecule has 18 heavy (non-hydrogen) atoms. The van der Waals surface area contributed by atoms with Gasteiger partial charge in [0, 0.05) is 25.4 Å². The molecule has 0 bridgehead atoms. The van der Waals surface area contributed by atoms with Crippen molar-refractivity contribution in [3.05, 3.63) is 0 Å². The molecule has 0 radical (unpaired) electrons. The molecule has 2 atom stereocenters. The molecule has 108 valence electrons. The first kappa shape index (κ1) is 15.9. The van der Waals surface area contributed by atoms with Gasteiger partial charge in [-0.1, -0.05) is 19.8 Å². The van der Waals surface area contributed by atoms with Crippen molar-refractivity contribution in [3.63, 3.8) is 0 Å². The highest BCUT2D eigenvalue weighted by atomic mass is 32.2. The van der Waals surface area contributed by atoms with Crippen molar-refractivity contribution >= 4 is 9.84 Å². The van der Waals surface area contributed by atoms with Gasteiger partial charge in [0.15, 0.2) is 0 Å². The van der Waals surface area contributed by atoms with E-state index < -0.39 is 9.84 Å². The van der Waals surface area contributed by atoms with Gasteiger partial charge < -0.3 is 10.1 Å². The van der Waals surface area contributed by atoms with Crippen molar-refractivity contribution in [1.29, 1.82) is 0 Å². The molecule has 1 rings (SSSR count). The smallest absolute Gasteiger partial charge is 0.150 e. The van der Waals surface area contributed by atoms with Crippen LogP contribution in [-0.4, -0.2) is 45.7 Å². The van der Waals surface area contributed by atoms with E-state index in [1.807, 2.05) is 0 Å². The molecule has 1 N–H and O–H groups in total. The predicted molar refractivity (Wildman–Crippen MR) is 74.6 cm³/mol. The summed E-state index contributed by atoms with van der Waals surface area (Å²) in [7, 11) is -2.87. The van der Waals surface area contributed by atoms with Crippen LogP contribution in [0.2, 0.25) is 0 Å². The highest BCUT2D eigenvalue weighted by molar-refractivity contribution is 7.91. The third kappa shape index (κ3) is 6.16. The van der Waals surface area contributed by atoms with Gasteiger partial charge in [-0.25, -0.2) is 8.42 Å². The average molecular weight is 277 g/mol. The molecular formula is C13H27NO3S. The van der Waals surface area contributed by atoms with Crippen LogP contribution in [0.1, 0.15) is 45.4 Å². The lowest BCUT2D eigenvalue weighted by Gasteiger charge is -2.28. The minimum Gasteiger partial charge on any atom is -0.380 e. The largest absolute Gasteiger partial charge is 0.380 e. The van der Waals surface area contributed by atoms with Gasteiger partial charge >= 0.3 is 0 Å². The topological polar surface area (TPSA) is 55.4 Å². The van der Waals surface area contributed by atoms with Gasteiger partial charge in [-0.3, -0.25) is 0 Å². The first-order valence-corrected chi connectivity index (χ1v) is 8.99. The summed E-state index contributed by atoms with van der Waals surface area (Å²) in [5.74, 6) is 0. The summed E-state index contributed by atoms with van der Waals surface area (Å²) >= 11 is 0. The Morgan fingerprint density at radius 3 is 2.72 bits per heavy atom. The fraction of sp³-hybridized carbons (Fsp3) is 1.00. The molecule has 0 heterocycles. The Morgan fingerprint density at radius 1 is 1.28 bits per heavy atom. The Bertz CT molecular complexity index is 316. The van der Waals surface area contributed by atoms with Crippen molar-refractivity contribution < 1.29 is 13.2 Å². The van der Waals surface area contributed by atoms with E-state index in [2.05, 4.69) is 12.2 Å². The maximum Gasteiger partial charge on any atom is 0.150 e. The maximum absolute atomic E-state index is 11.5. The molecule has 0 aromatic heterocycles. The van der Waals surface area contributed by atoms with Crippen LogP contribution in [-0.2, 0) is 14.6 Å². The van der Waals surface area contributed by atoms with Crippen LogP contribution >= 0.6 is 0 Å². The van der Waals surface area contributed by atoms with E-state index in [0.29, 0.717) is 6.04 Å². The normalized spacial score (nSPS) is 25.2. The molecule has 1 saturated carbocycles. The quantitative estimate of drug-likeness (QED) is 0.687. The highest BCUT2D eigenvalue weighted by Crippen LogP contribution is 2.23. The highest BCUT2D eigenvalue weighted by Gasteiger charge is 2.28. The van der Waals surface area contributed by atoms with E-state index in [0.717, 1.165) is 58.3 Å². The molecule has 0 saturated heterocycles. The maximum atomic E-state index is 11.5.